The first kappa shape index (κ1) is 18.7. The Labute approximate surface area is 175 Å². The lowest BCUT2D eigenvalue weighted by Gasteiger charge is -2.06. The van der Waals surface area contributed by atoms with E-state index in [0.717, 1.165) is 28.2 Å². The second-order valence-corrected chi connectivity index (χ2v) is 8.07. The molecule has 0 bridgehead atoms. The van der Waals surface area contributed by atoms with E-state index < -0.39 is 0 Å². The minimum atomic E-state index is 0.549. The first-order valence-corrected chi connectivity index (χ1v) is 10.4. The van der Waals surface area contributed by atoms with Crippen LogP contribution in [0.4, 0.5) is 0 Å². The van der Waals surface area contributed by atoms with E-state index in [0.29, 0.717) is 32.4 Å². The maximum atomic E-state index is 6.09. The largest absolute Gasteiger partial charge is 0.453 e. The average Bonchev–Trinajstić information content (AvgIpc) is 3.25. The molecular weight excluding hydrogens is 425 g/mol. The van der Waals surface area contributed by atoms with Crippen LogP contribution in [0.1, 0.15) is 12.5 Å². The average molecular weight is 439 g/mol. The fourth-order valence-electron chi connectivity index (χ4n) is 2.76. The Kier molecular flexibility index (Phi) is 5.37. The summed E-state index contributed by atoms with van der Waals surface area (Å²) in [7, 11) is 0. The van der Waals surface area contributed by atoms with Crippen LogP contribution in [-0.2, 0) is 12.3 Å². The summed E-state index contributed by atoms with van der Waals surface area (Å²) in [6, 6.07) is 13.1. The molecular formula is C19H14Cl3N3OS. The van der Waals surface area contributed by atoms with Crippen molar-refractivity contribution in [2.75, 3.05) is 0 Å². The molecule has 4 nitrogen and oxygen atoms in total. The topological polar surface area (TPSA) is 43.9 Å². The summed E-state index contributed by atoms with van der Waals surface area (Å²) in [4.78, 5) is 0. The zero-order valence-corrected chi connectivity index (χ0v) is 17.3. The molecule has 138 valence electrons. The predicted octanol–water partition coefficient (Wildman–Crippen LogP) is 6.96. The molecule has 0 radical (unpaired) electrons. The standard InChI is InChI=1S/C19H14Cl3N3OS/c1-2-25-18(17-9-12-8-13(20)4-6-16(12)26-17)23-24-19(25)27-10-11-3-5-14(21)15(22)7-11/h3-9H,2,10H2,1H3. The lowest BCUT2D eigenvalue weighted by molar-refractivity contribution is 0.607. The molecule has 0 saturated heterocycles. The van der Waals surface area contributed by atoms with Gasteiger partial charge in [-0.2, -0.15) is 0 Å². The molecule has 2 heterocycles. The van der Waals surface area contributed by atoms with E-state index in [1.807, 2.05) is 34.9 Å². The third-order valence-corrected chi connectivity index (χ3v) is 6.10. The molecule has 2 aromatic carbocycles. The minimum absolute atomic E-state index is 0.549. The van der Waals surface area contributed by atoms with Crippen molar-refractivity contribution in [2.45, 2.75) is 24.4 Å². The molecule has 0 aliphatic carbocycles. The highest BCUT2D eigenvalue weighted by Crippen LogP contribution is 2.32. The second kappa shape index (κ2) is 7.76. The Morgan fingerprint density at radius 3 is 2.63 bits per heavy atom. The number of thioether (sulfide) groups is 1. The van der Waals surface area contributed by atoms with Gasteiger partial charge in [0, 0.05) is 22.7 Å². The number of furan rings is 1. The Morgan fingerprint density at radius 2 is 1.85 bits per heavy atom. The van der Waals surface area contributed by atoms with E-state index in [1.165, 1.54) is 0 Å². The van der Waals surface area contributed by atoms with E-state index in [4.69, 9.17) is 39.2 Å². The molecule has 0 N–H and O–H groups in total. The van der Waals surface area contributed by atoms with Crippen LogP contribution in [0.2, 0.25) is 15.1 Å². The molecule has 2 aromatic heterocycles. The van der Waals surface area contributed by atoms with Crippen LogP contribution in [0, 0.1) is 0 Å². The predicted molar refractivity (Wildman–Crippen MR) is 112 cm³/mol. The highest BCUT2D eigenvalue weighted by Gasteiger charge is 2.17. The molecule has 0 atom stereocenters. The Morgan fingerprint density at radius 1 is 1.00 bits per heavy atom. The number of hydrogen-bond donors (Lipinski definition) is 0. The highest BCUT2D eigenvalue weighted by atomic mass is 35.5. The van der Waals surface area contributed by atoms with E-state index in [-0.39, 0.29) is 0 Å². The summed E-state index contributed by atoms with van der Waals surface area (Å²) in [5.74, 6) is 2.08. The molecule has 4 rings (SSSR count). The van der Waals surface area contributed by atoms with Gasteiger partial charge in [-0.3, -0.25) is 4.57 Å². The number of hydrogen-bond acceptors (Lipinski definition) is 4. The molecule has 0 spiro atoms. The minimum Gasteiger partial charge on any atom is -0.453 e. The van der Waals surface area contributed by atoms with Crippen LogP contribution in [0.5, 0.6) is 0 Å². The number of benzene rings is 2. The maximum Gasteiger partial charge on any atom is 0.200 e. The molecule has 0 saturated carbocycles. The van der Waals surface area contributed by atoms with E-state index in [9.17, 15) is 0 Å². The Balaban J connectivity index is 1.61. The zero-order chi connectivity index (χ0) is 19.0. The fraction of sp³-hybridized carbons (Fsp3) is 0.158. The zero-order valence-electron chi connectivity index (χ0n) is 14.2. The fourth-order valence-corrected chi connectivity index (χ4v) is 4.21. The number of fused-ring (bicyclic) bond motifs is 1. The van der Waals surface area contributed by atoms with Crippen molar-refractivity contribution in [2.24, 2.45) is 0 Å². The molecule has 0 fully saturated rings. The van der Waals surface area contributed by atoms with Crippen molar-refractivity contribution < 1.29 is 4.42 Å². The molecule has 27 heavy (non-hydrogen) atoms. The second-order valence-electron chi connectivity index (χ2n) is 5.88. The first-order valence-electron chi connectivity index (χ1n) is 8.24. The van der Waals surface area contributed by atoms with Gasteiger partial charge in [-0.15, -0.1) is 10.2 Å². The summed E-state index contributed by atoms with van der Waals surface area (Å²) in [5.41, 5.74) is 1.84. The van der Waals surface area contributed by atoms with Gasteiger partial charge in [0.1, 0.15) is 5.58 Å². The molecule has 4 aromatic rings. The SMILES string of the molecule is CCn1c(SCc2ccc(Cl)c(Cl)c2)nnc1-c1cc2cc(Cl)ccc2o1. The van der Waals surface area contributed by atoms with Gasteiger partial charge in [0.2, 0.25) is 5.82 Å². The third kappa shape index (κ3) is 3.83. The lowest BCUT2D eigenvalue weighted by Crippen LogP contribution is -1.99. The summed E-state index contributed by atoms with van der Waals surface area (Å²) in [6.45, 7) is 2.78. The van der Waals surface area contributed by atoms with Crippen LogP contribution >= 0.6 is 46.6 Å². The van der Waals surface area contributed by atoms with Crippen LogP contribution in [-0.4, -0.2) is 14.8 Å². The van der Waals surface area contributed by atoms with E-state index >= 15 is 0 Å². The number of halogens is 3. The molecule has 8 heteroatoms. The number of nitrogens with zero attached hydrogens (tertiary/aromatic N) is 3. The van der Waals surface area contributed by atoms with Crippen LogP contribution in [0.15, 0.2) is 52.0 Å². The van der Waals surface area contributed by atoms with Gasteiger partial charge in [-0.05, 0) is 48.9 Å². The van der Waals surface area contributed by atoms with Crippen molar-refractivity contribution in [1.29, 1.82) is 0 Å². The summed E-state index contributed by atoms with van der Waals surface area (Å²) in [5, 5.41) is 12.2. The molecule has 0 aliphatic heterocycles. The molecule has 0 aliphatic rings. The van der Waals surface area contributed by atoms with Crippen molar-refractivity contribution in [3.63, 3.8) is 0 Å². The quantitative estimate of drug-likeness (QED) is 0.316. The van der Waals surface area contributed by atoms with Gasteiger partial charge in [-0.25, -0.2) is 0 Å². The lowest BCUT2D eigenvalue weighted by atomic mass is 10.2. The summed E-state index contributed by atoms with van der Waals surface area (Å²) in [6.07, 6.45) is 0. The first-order chi connectivity index (χ1) is 13.0. The van der Waals surface area contributed by atoms with Gasteiger partial charge < -0.3 is 4.42 Å². The third-order valence-electron chi connectivity index (χ3n) is 4.08. The van der Waals surface area contributed by atoms with Crippen LogP contribution < -0.4 is 0 Å². The molecule has 0 unspecified atom stereocenters. The van der Waals surface area contributed by atoms with Crippen LogP contribution in [0.25, 0.3) is 22.6 Å². The van der Waals surface area contributed by atoms with Crippen molar-refractivity contribution >= 4 is 57.5 Å². The number of aromatic nitrogens is 3. The van der Waals surface area contributed by atoms with Gasteiger partial charge in [0.15, 0.2) is 10.9 Å². The van der Waals surface area contributed by atoms with E-state index in [1.54, 1.807) is 23.9 Å². The van der Waals surface area contributed by atoms with E-state index in [2.05, 4.69) is 17.1 Å². The van der Waals surface area contributed by atoms with Gasteiger partial charge in [-0.1, -0.05) is 52.6 Å². The normalized spacial score (nSPS) is 11.4. The maximum absolute atomic E-state index is 6.09. The summed E-state index contributed by atoms with van der Waals surface area (Å²) < 4.78 is 7.96. The Hall–Kier alpha value is -1.66. The summed E-state index contributed by atoms with van der Waals surface area (Å²) >= 11 is 19.7. The highest BCUT2D eigenvalue weighted by molar-refractivity contribution is 7.98. The smallest absolute Gasteiger partial charge is 0.200 e. The van der Waals surface area contributed by atoms with Gasteiger partial charge in [0.05, 0.1) is 10.0 Å². The molecule has 0 amide bonds. The van der Waals surface area contributed by atoms with Gasteiger partial charge in [0.25, 0.3) is 0 Å². The van der Waals surface area contributed by atoms with Gasteiger partial charge >= 0.3 is 0 Å². The van der Waals surface area contributed by atoms with Crippen LogP contribution in [0.3, 0.4) is 0 Å². The monoisotopic (exact) mass is 437 g/mol. The van der Waals surface area contributed by atoms with Crippen molar-refractivity contribution in [3.05, 3.63) is 63.1 Å². The van der Waals surface area contributed by atoms with Crippen molar-refractivity contribution in [1.82, 2.24) is 14.8 Å². The van der Waals surface area contributed by atoms with Crippen molar-refractivity contribution in [3.8, 4) is 11.6 Å². The number of rotatable bonds is 5. The Bertz CT molecular complexity index is 1120.